The molecule has 0 radical (unpaired) electrons. The highest BCUT2D eigenvalue weighted by atomic mass is 32.2. The van der Waals surface area contributed by atoms with Gasteiger partial charge in [0.25, 0.3) is 11.8 Å². The Hall–Kier alpha value is -2.56. The van der Waals surface area contributed by atoms with Crippen molar-refractivity contribution in [2.75, 3.05) is 18.6 Å². The SMILES string of the molecule is CON=C(C(=O)NC1C(=O)N2C(C(=O)O)=C(CSc3nncs3)CS[C@H]12)c1nnc(C)s1. The van der Waals surface area contributed by atoms with Gasteiger partial charge in [-0.2, -0.15) is 0 Å². The van der Waals surface area contributed by atoms with Crippen LogP contribution in [0.25, 0.3) is 0 Å². The fourth-order valence-corrected chi connectivity index (χ4v) is 6.68. The number of fused-ring (bicyclic) bond motifs is 1. The van der Waals surface area contributed by atoms with Gasteiger partial charge in [0.1, 0.15) is 34.7 Å². The largest absolute Gasteiger partial charge is 0.477 e. The first-order valence-corrected chi connectivity index (χ1v) is 12.6. The lowest BCUT2D eigenvalue weighted by Gasteiger charge is -2.49. The maximum Gasteiger partial charge on any atom is 0.352 e. The Bertz CT molecular complexity index is 1120. The minimum absolute atomic E-state index is 0.0493. The van der Waals surface area contributed by atoms with Crippen LogP contribution in [0.3, 0.4) is 0 Å². The highest BCUT2D eigenvalue weighted by Gasteiger charge is 2.54. The average molecular weight is 514 g/mol. The summed E-state index contributed by atoms with van der Waals surface area (Å²) < 4.78 is 0.714. The van der Waals surface area contributed by atoms with Gasteiger partial charge in [0.15, 0.2) is 9.35 Å². The zero-order valence-corrected chi connectivity index (χ0v) is 19.8. The van der Waals surface area contributed by atoms with Gasteiger partial charge in [0.05, 0.1) is 0 Å². The molecular formula is C16H15N7O5S4. The van der Waals surface area contributed by atoms with Crippen LogP contribution in [0.2, 0.25) is 0 Å². The van der Waals surface area contributed by atoms with Crippen LogP contribution in [0.15, 0.2) is 26.3 Å². The first kappa shape index (κ1) is 22.6. The van der Waals surface area contributed by atoms with E-state index in [4.69, 9.17) is 4.84 Å². The molecule has 16 heteroatoms. The number of aromatic nitrogens is 4. The molecule has 32 heavy (non-hydrogen) atoms. The Balaban J connectivity index is 1.49. The average Bonchev–Trinajstić information content (AvgIpc) is 3.45. The molecule has 0 bridgehead atoms. The van der Waals surface area contributed by atoms with Crippen molar-refractivity contribution in [2.24, 2.45) is 5.16 Å². The number of aliphatic carboxylic acids is 1. The van der Waals surface area contributed by atoms with Crippen LogP contribution in [-0.2, 0) is 19.2 Å². The number of β-lactam (4-membered cyclic amide) rings is 1. The summed E-state index contributed by atoms with van der Waals surface area (Å²) in [7, 11) is 1.29. The summed E-state index contributed by atoms with van der Waals surface area (Å²) in [5.74, 6) is -1.56. The van der Waals surface area contributed by atoms with Gasteiger partial charge in [-0.1, -0.05) is 39.6 Å². The van der Waals surface area contributed by atoms with Gasteiger partial charge < -0.3 is 15.3 Å². The maximum atomic E-state index is 12.8. The Morgan fingerprint density at radius 3 is 2.84 bits per heavy atom. The van der Waals surface area contributed by atoms with E-state index in [0.29, 0.717) is 26.4 Å². The van der Waals surface area contributed by atoms with Crippen LogP contribution < -0.4 is 5.32 Å². The number of carbonyl (C=O) groups excluding carboxylic acids is 2. The van der Waals surface area contributed by atoms with Crippen molar-refractivity contribution in [1.82, 2.24) is 30.6 Å². The number of carbonyl (C=O) groups is 3. The number of thioether (sulfide) groups is 2. The summed E-state index contributed by atoms with van der Waals surface area (Å²) >= 11 is 5.26. The molecule has 1 unspecified atom stereocenters. The highest BCUT2D eigenvalue weighted by Crippen LogP contribution is 2.41. The molecule has 0 aliphatic carbocycles. The van der Waals surface area contributed by atoms with Gasteiger partial charge in [0, 0.05) is 11.5 Å². The third kappa shape index (κ3) is 4.35. The third-order valence-electron chi connectivity index (χ3n) is 4.37. The number of carboxylic acid groups (broad SMARTS) is 1. The Kier molecular flexibility index (Phi) is 6.73. The minimum Gasteiger partial charge on any atom is -0.477 e. The molecule has 4 heterocycles. The van der Waals surface area contributed by atoms with Crippen molar-refractivity contribution in [3.8, 4) is 0 Å². The zero-order valence-electron chi connectivity index (χ0n) is 16.5. The molecule has 2 aliphatic rings. The van der Waals surface area contributed by atoms with Crippen LogP contribution in [0.5, 0.6) is 0 Å². The molecule has 1 fully saturated rings. The number of amides is 2. The van der Waals surface area contributed by atoms with E-state index in [1.807, 2.05) is 0 Å². The van der Waals surface area contributed by atoms with Gasteiger partial charge in [-0.25, -0.2) is 4.79 Å². The van der Waals surface area contributed by atoms with Gasteiger partial charge in [-0.15, -0.1) is 32.2 Å². The summed E-state index contributed by atoms with van der Waals surface area (Å²) in [6, 6.07) is -0.893. The first-order chi connectivity index (χ1) is 15.4. The normalized spacial score (nSPS) is 20.6. The van der Waals surface area contributed by atoms with Crippen LogP contribution in [0.1, 0.15) is 10.0 Å². The van der Waals surface area contributed by atoms with E-state index in [9.17, 15) is 19.5 Å². The fourth-order valence-electron chi connectivity index (χ4n) is 3.04. The van der Waals surface area contributed by atoms with Crippen molar-refractivity contribution in [2.45, 2.75) is 22.7 Å². The number of rotatable bonds is 8. The third-order valence-corrected chi connectivity index (χ3v) is 8.50. The topological polar surface area (TPSA) is 160 Å². The van der Waals surface area contributed by atoms with E-state index >= 15 is 0 Å². The maximum absolute atomic E-state index is 12.8. The molecule has 0 spiro atoms. The molecule has 2 amide bonds. The summed E-state index contributed by atoms with van der Waals surface area (Å²) in [5, 5.41) is 31.9. The van der Waals surface area contributed by atoms with Gasteiger partial charge in [-0.05, 0) is 12.5 Å². The molecule has 0 aromatic carbocycles. The molecule has 1 saturated heterocycles. The standard InChI is InChI=1S/C16H15N7O5S4/c1-6-19-20-12(32-6)8(22-28-2)11(24)18-9-13(25)23-10(15(26)27)7(3-29-14(9)23)4-30-16-21-17-5-31-16/h5,9,14H,3-4H2,1-2H3,(H,18,24)(H,26,27)/t9?,14-/m1/s1. The van der Waals surface area contributed by atoms with E-state index in [1.54, 1.807) is 12.4 Å². The van der Waals surface area contributed by atoms with E-state index in [-0.39, 0.29) is 16.4 Å². The van der Waals surface area contributed by atoms with Crippen molar-refractivity contribution in [1.29, 1.82) is 0 Å². The zero-order chi connectivity index (χ0) is 22.8. The van der Waals surface area contributed by atoms with Crippen molar-refractivity contribution in [3.05, 3.63) is 26.8 Å². The number of aryl methyl sites for hydroxylation is 1. The lowest BCUT2D eigenvalue weighted by molar-refractivity contribution is -0.150. The molecule has 2 aromatic heterocycles. The van der Waals surface area contributed by atoms with Crippen LogP contribution in [0, 0.1) is 6.92 Å². The number of carboxylic acids is 1. The predicted octanol–water partition coefficient (Wildman–Crippen LogP) is 0.579. The van der Waals surface area contributed by atoms with E-state index < -0.39 is 29.2 Å². The number of hydrogen-bond acceptors (Lipinski definition) is 13. The fraction of sp³-hybridized carbons (Fsp3) is 0.375. The lowest BCUT2D eigenvalue weighted by Crippen LogP contribution is -2.71. The number of hydrogen-bond donors (Lipinski definition) is 2. The highest BCUT2D eigenvalue weighted by molar-refractivity contribution is 8.01. The molecule has 2 aliphatic heterocycles. The number of nitrogens with one attached hydrogen (secondary N) is 1. The molecule has 2 aromatic rings. The summed E-state index contributed by atoms with van der Waals surface area (Å²) in [6.45, 7) is 1.73. The Morgan fingerprint density at radius 1 is 1.41 bits per heavy atom. The monoisotopic (exact) mass is 513 g/mol. The van der Waals surface area contributed by atoms with Crippen molar-refractivity contribution in [3.63, 3.8) is 0 Å². The molecule has 2 N–H and O–H groups in total. The number of nitrogens with zero attached hydrogens (tertiary/aromatic N) is 6. The second-order valence-corrected chi connectivity index (χ2v) is 10.7. The molecular weight excluding hydrogens is 498 g/mol. The molecule has 0 saturated carbocycles. The van der Waals surface area contributed by atoms with Gasteiger partial charge in [-0.3, -0.25) is 14.5 Å². The van der Waals surface area contributed by atoms with E-state index in [1.165, 1.54) is 46.9 Å². The van der Waals surface area contributed by atoms with Gasteiger partial charge in [0.2, 0.25) is 5.71 Å². The second-order valence-electron chi connectivity index (χ2n) is 6.36. The Morgan fingerprint density at radius 2 is 2.22 bits per heavy atom. The molecule has 12 nitrogen and oxygen atoms in total. The van der Waals surface area contributed by atoms with E-state index in [0.717, 1.165) is 11.3 Å². The summed E-state index contributed by atoms with van der Waals surface area (Å²) in [5.41, 5.74) is 2.06. The summed E-state index contributed by atoms with van der Waals surface area (Å²) in [6.07, 6.45) is 0. The Labute approximate surface area is 197 Å². The number of oxime groups is 1. The molecule has 2 atom stereocenters. The quantitative estimate of drug-likeness (QED) is 0.220. The summed E-state index contributed by atoms with van der Waals surface area (Å²) in [4.78, 5) is 43.5. The molecule has 4 rings (SSSR count). The van der Waals surface area contributed by atoms with Crippen LogP contribution in [0.4, 0.5) is 0 Å². The second kappa shape index (κ2) is 9.51. The predicted molar refractivity (Wildman–Crippen MR) is 119 cm³/mol. The smallest absolute Gasteiger partial charge is 0.352 e. The van der Waals surface area contributed by atoms with Crippen molar-refractivity contribution < 1.29 is 24.3 Å². The minimum atomic E-state index is -1.19. The van der Waals surface area contributed by atoms with E-state index in [2.05, 4.69) is 30.9 Å². The first-order valence-electron chi connectivity index (χ1n) is 8.92. The van der Waals surface area contributed by atoms with Crippen molar-refractivity contribution >= 4 is 69.7 Å². The molecule has 168 valence electrons. The lowest BCUT2D eigenvalue weighted by atomic mass is 10.0. The van der Waals surface area contributed by atoms with Crippen LogP contribution >= 0.6 is 46.2 Å². The van der Waals surface area contributed by atoms with Gasteiger partial charge >= 0.3 is 5.97 Å². The van der Waals surface area contributed by atoms with Crippen LogP contribution in [-0.4, -0.2) is 83.9 Å².